The highest BCUT2D eigenvalue weighted by atomic mass is 16.6. The van der Waals surface area contributed by atoms with Gasteiger partial charge in [0.15, 0.2) is 0 Å². The highest BCUT2D eigenvalue weighted by Gasteiger charge is 2.23. The van der Waals surface area contributed by atoms with E-state index in [9.17, 15) is 14.9 Å². The van der Waals surface area contributed by atoms with Crippen molar-refractivity contribution < 1.29 is 9.66 Å². The summed E-state index contributed by atoms with van der Waals surface area (Å²) in [6.07, 6.45) is 5.68. The predicted octanol–water partition coefficient (Wildman–Crippen LogP) is 5.47. The number of nitrogens with zero attached hydrogens (tertiary/aromatic N) is 4. The molecule has 0 atom stereocenters. The van der Waals surface area contributed by atoms with Crippen LogP contribution in [0.1, 0.15) is 18.1 Å². The molecule has 1 aliphatic heterocycles. The Bertz CT molecular complexity index is 1600. The molecule has 186 valence electrons. The van der Waals surface area contributed by atoms with Gasteiger partial charge in [0.25, 0.3) is 11.2 Å². The fourth-order valence-electron chi connectivity index (χ4n) is 4.64. The average molecular weight is 495 g/mol. The highest BCUT2D eigenvalue weighted by molar-refractivity contribution is 5.94. The van der Waals surface area contributed by atoms with Crippen LogP contribution in [-0.2, 0) is 4.74 Å². The second-order valence-electron chi connectivity index (χ2n) is 8.73. The van der Waals surface area contributed by atoms with E-state index in [2.05, 4.69) is 11.5 Å². The molecule has 5 rings (SSSR count). The molecule has 0 spiro atoms. The number of nitro benzene ring substituents is 1. The van der Waals surface area contributed by atoms with Gasteiger partial charge in [0, 0.05) is 35.8 Å². The first-order chi connectivity index (χ1) is 18.0. The lowest BCUT2D eigenvalue weighted by Crippen LogP contribution is -2.36. The third kappa shape index (κ3) is 4.66. The summed E-state index contributed by atoms with van der Waals surface area (Å²) in [5, 5.41) is 17.9. The number of benzene rings is 3. The molecule has 8 heteroatoms. The second-order valence-corrected chi connectivity index (χ2v) is 8.73. The molecule has 1 aliphatic rings. The van der Waals surface area contributed by atoms with Crippen molar-refractivity contribution in [1.82, 2.24) is 9.78 Å². The average Bonchev–Trinajstić information content (AvgIpc) is 2.93. The third-order valence-electron chi connectivity index (χ3n) is 6.41. The molecule has 0 N–H and O–H groups in total. The van der Waals surface area contributed by atoms with E-state index >= 15 is 0 Å². The fraction of sp³-hybridized carbons (Fsp3) is 0.172. The molecule has 1 saturated heterocycles. The van der Waals surface area contributed by atoms with E-state index in [0.717, 1.165) is 27.1 Å². The van der Waals surface area contributed by atoms with Crippen molar-refractivity contribution in [1.29, 1.82) is 0 Å². The number of hydrogen-bond donors (Lipinski definition) is 0. The van der Waals surface area contributed by atoms with Gasteiger partial charge in [-0.15, -0.1) is 0 Å². The number of rotatable bonds is 6. The highest BCUT2D eigenvalue weighted by Crippen LogP contribution is 2.31. The molecule has 0 amide bonds. The van der Waals surface area contributed by atoms with Gasteiger partial charge in [-0.25, -0.2) is 0 Å². The minimum atomic E-state index is -0.482. The number of morpholine rings is 1. The molecule has 3 aromatic carbocycles. The maximum atomic E-state index is 13.7. The number of fused-ring (bicyclic) bond motifs is 1. The molecule has 1 aromatic heterocycles. The number of allylic oxidation sites excluding steroid dienone is 1. The lowest BCUT2D eigenvalue weighted by Gasteiger charge is -2.29. The van der Waals surface area contributed by atoms with Crippen LogP contribution in [0.15, 0.2) is 78.1 Å². The van der Waals surface area contributed by atoms with Gasteiger partial charge >= 0.3 is 0 Å². The van der Waals surface area contributed by atoms with Gasteiger partial charge in [-0.2, -0.15) is 9.78 Å². The first-order valence-electron chi connectivity index (χ1n) is 12.0. The van der Waals surface area contributed by atoms with E-state index in [1.807, 2.05) is 49.4 Å². The van der Waals surface area contributed by atoms with Crippen LogP contribution in [-0.4, -0.2) is 41.0 Å². The minimum Gasteiger partial charge on any atom is -0.378 e. The Morgan fingerprint density at radius 2 is 1.76 bits per heavy atom. The molecule has 8 nitrogen and oxygen atoms in total. The van der Waals surface area contributed by atoms with Crippen molar-refractivity contribution in [2.45, 2.75) is 6.92 Å². The molecule has 0 unspecified atom stereocenters. The number of ether oxygens (including phenoxy) is 1. The smallest absolute Gasteiger partial charge is 0.295 e. The monoisotopic (exact) mass is 494 g/mol. The summed E-state index contributed by atoms with van der Waals surface area (Å²) < 4.78 is 6.61. The molecular weight excluding hydrogens is 468 g/mol. The summed E-state index contributed by atoms with van der Waals surface area (Å²) in [6, 6.07) is 17.9. The van der Waals surface area contributed by atoms with Crippen LogP contribution in [0.4, 0.5) is 11.4 Å². The fourth-order valence-corrected chi connectivity index (χ4v) is 4.64. The Morgan fingerprint density at radius 3 is 2.46 bits per heavy atom. The normalized spacial score (nSPS) is 13.8. The van der Waals surface area contributed by atoms with Crippen molar-refractivity contribution in [3.63, 3.8) is 0 Å². The molecule has 37 heavy (non-hydrogen) atoms. The van der Waals surface area contributed by atoms with Crippen molar-refractivity contribution in [2.24, 2.45) is 0 Å². The summed E-state index contributed by atoms with van der Waals surface area (Å²) in [5.41, 5.74) is 3.47. The largest absolute Gasteiger partial charge is 0.378 e. The predicted molar refractivity (Wildman–Crippen MR) is 147 cm³/mol. The lowest BCUT2D eigenvalue weighted by atomic mass is 9.99. The van der Waals surface area contributed by atoms with Gasteiger partial charge in [0.1, 0.15) is 5.69 Å². The SMILES string of the molecule is C=Cc1cc(C=CC)cc(-c2nn(-c3cc(N4CCOCC4)ccc3[N+](=O)[O-])c(=O)c3ccccc23)c1. The molecule has 0 bridgehead atoms. The first kappa shape index (κ1) is 24.1. The Kier molecular flexibility index (Phi) is 6.66. The van der Waals surface area contributed by atoms with Crippen LogP contribution < -0.4 is 10.5 Å². The van der Waals surface area contributed by atoms with Crippen molar-refractivity contribution in [3.8, 4) is 16.9 Å². The lowest BCUT2D eigenvalue weighted by molar-refractivity contribution is -0.384. The van der Waals surface area contributed by atoms with E-state index in [-0.39, 0.29) is 11.4 Å². The second kappa shape index (κ2) is 10.2. The standard InChI is InChI=1S/C29H26N4O4/c1-3-7-21-16-20(4-2)17-22(18-21)28-24-8-5-6-9-25(24)29(34)32(30-28)27-19-23(10-11-26(27)33(35)36)31-12-14-37-15-13-31/h3-11,16-19H,2,12-15H2,1H3. The van der Waals surface area contributed by atoms with E-state index in [0.29, 0.717) is 42.8 Å². The van der Waals surface area contributed by atoms with Crippen molar-refractivity contribution in [3.05, 3.63) is 105 Å². The molecule has 0 radical (unpaired) electrons. The zero-order valence-electron chi connectivity index (χ0n) is 20.5. The molecule has 4 aromatic rings. The third-order valence-corrected chi connectivity index (χ3v) is 6.41. The van der Waals surface area contributed by atoms with Gasteiger partial charge < -0.3 is 9.64 Å². The Hall–Kier alpha value is -4.56. The summed E-state index contributed by atoms with van der Waals surface area (Å²) in [6.45, 7) is 8.30. The quantitative estimate of drug-likeness (QED) is 0.261. The van der Waals surface area contributed by atoms with E-state index in [4.69, 9.17) is 9.84 Å². The number of anilines is 1. The van der Waals surface area contributed by atoms with Crippen LogP contribution in [0.25, 0.3) is 39.9 Å². The Balaban J connectivity index is 1.80. The van der Waals surface area contributed by atoms with Crippen LogP contribution >= 0.6 is 0 Å². The van der Waals surface area contributed by atoms with Crippen LogP contribution in [0, 0.1) is 10.1 Å². The van der Waals surface area contributed by atoms with E-state index < -0.39 is 10.5 Å². The van der Waals surface area contributed by atoms with Gasteiger partial charge in [0.05, 0.1) is 29.2 Å². The van der Waals surface area contributed by atoms with Crippen molar-refractivity contribution >= 4 is 34.3 Å². The molecular formula is C29H26N4O4. The van der Waals surface area contributed by atoms with Gasteiger partial charge in [-0.3, -0.25) is 14.9 Å². The van der Waals surface area contributed by atoms with Gasteiger partial charge in [0.2, 0.25) is 0 Å². The van der Waals surface area contributed by atoms with E-state index in [1.165, 1.54) is 6.07 Å². The van der Waals surface area contributed by atoms with Gasteiger partial charge in [-0.1, -0.05) is 43.0 Å². The zero-order chi connectivity index (χ0) is 25.9. The minimum absolute atomic E-state index is 0.125. The van der Waals surface area contributed by atoms with Crippen LogP contribution in [0.5, 0.6) is 0 Å². The molecule has 0 aliphatic carbocycles. The van der Waals surface area contributed by atoms with Gasteiger partial charge in [-0.05, 0) is 54.4 Å². The summed E-state index contributed by atoms with van der Waals surface area (Å²) in [4.78, 5) is 27.3. The maximum absolute atomic E-state index is 13.7. The van der Waals surface area contributed by atoms with Crippen LogP contribution in [0.3, 0.4) is 0 Å². The molecule has 2 heterocycles. The first-order valence-corrected chi connectivity index (χ1v) is 12.0. The summed E-state index contributed by atoms with van der Waals surface area (Å²) in [5.74, 6) is 0. The maximum Gasteiger partial charge on any atom is 0.295 e. The molecule has 0 saturated carbocycles. The van der Waals surface area contributed by atoms with Crippen LogP contribution in [0.2, 0.25) is 0 Å². The molecule has 1 fully saturated rings. The topological polar surface area (TPSA) is 90.5 Å². The van der Waals surface area contributed by atoms with Crippen molar-refractivity contribution in [2.75, 3.05) is 31.2 Å². The zero-order valence-corrected chi connectivity index (χ0v) is 20.5. The summed E-state index contributed by atoms with van der Waals surface area (Å²) >= 11 is 0. The Labute approximate surface area is 213 Å². The number of aromatic nitrogens is 2. The summed E-state index contributed by atoms with van der Waals surface area (Å²) in [7, 11) is 0. The number of nitro groups is 1. The number of hydrogen-bond acceptors (Lipinski definition) is 6. The Morgan fingerprint density at radius 1 is 1.03 bits per heavy atom. The van der Waals surface area contributed by atoms with E-state index in [1.54, 1.807) is 30.3 Å².